The van der Waals surface area contributed by atoms with E-state index in [1.807, 2.05) is 31.2 Å². The number of amides is 2. The van der Waals surface area contributed by atoms with Crippen molar-refractivity contribution in [3.63, 3.8) is 0 Å². The van der Waals surface area contributed by atoms with Crippen LogP contribution < -0.4 is 10.1 Å². The molecule has 7 heteroatoms. The van der Waals surface area contributed by atoms with Crippen LogP contribution in [0.5, 0.6) is 5.75 Å². The van der Waals surface area contributed by atoms with Crippen molar-refractivity contribution in [2.24, 2.45) is 0 Å². The van der Waals surface area contributed by atoms with E-state index in [-0.39, 0.29) is 24.1 Å². The molecule has 27 heavy (non-hydrogen) atoms. The number of likely N-dealkylation sites (N-methyl/N-ethyl adjacent to an activating group) is 1. The minimum absolute atomic E-state index is 0.0972. The second-order valence-corrected chi connectivity index (χ2v) is 6.96. The van der Waals surface area contributed by atoms with Gasteiger partial charge in [0.15, 0.2) is 5.76 Å². The van der Waals surface area contributed by atoms with Crippen LogP contribution in [0.1, 0.15) is 16.1 Å². The summed E-state index contributed by atoms with van der Waals surface area (Å²) in [5.41, 5.74) is 1.96. The zero-order valence-electron chi connectivity index (χ0n) is 15.2. The molecule has 1 heterocycles. The highest BCUT2D eigenvalue weighted by molar-refractivity contribution is 9.10. The largest absolute Gasteiger partial charge is 0.497 e. The lowest BCUT2D eigenvalue weighted by Gasteiger charge is -2.16. The normalized spacial score (nSPS) is 10.7. The number of nitrogens with zero attached hydrogens (tertiary/aromatic N) is 1. The van der Waals surface area contributed by atoms with Gasteiger partial charge in [-0.05, 0) is 53.2 Å². The smallest absolute Gasteiger partial charge is 0.290 e. The molecule has 140 valence electrons. The van der Waals surface area contributed by atoms with Crippen LogP contribution in [0.2, 0.25) is 0 Å². The van der Waals surface area contributed by atoms with Gasteiger partial charge in [-0.2, -0.15) is 0 Å². The first-order chi connectivity index (χ1) is 12.9. The number of carbonyl (C=O) groups is 2. The summed E-state index contributed by atoms with van der Waals surface area (Å²) in [4.78, 5) is 26.4. The van der Waals surface area contributed by atoms with E-state index in [2.05, 4.69) is 21.2 Å². The number of para-hydroxylation sites is 1. The number of anilines is 1. The maximum atomic E-state index is 12.8. The number of benzene rings is 2. The third-order valence-corrected chi connectivity index (χ3v) is 4.90. The van der Waals surface area contributed by atoms with E-state index in [0.29, 0.717) is 22.6 Å². The lowest BCUT2D eigenvalue weighted by Crippen LogP contribution is -2.35. The average Bonchev–Trinajstić information content (AvgIpc) is 2.99. The maximum absolute atomic E-state index is 12.8. The molecule has 2 amide bonds. The standard InChI is InChI=1S/C20H19BrN2O4/c1-12-14-10-13(26-3)8-9-17(14)27-19(12)20(25)23(2)11-18(24)22-16-7-5-4-6-15(16)21/h4-10H,11H2,1-3H3,(H,22,24). The second-order valence-electron chi connectivity index (χ2n) is 6.11. The lowest BCUT2D eigenvalue weighted by molar-refractivity contribution is -0.116. The molecule has 3 rings (SSSR count). The predicted octanol–water partition coefficient (Wildman–Crippen LogP) is 4.22. The van der Waals surface area contributed by atoms with Crippen LogP contribution in [0.15, 0.2) is 51.4 Å². The lowest BCUT2D eigenvalue weighted by atomic mass is 10.1. The Morgan fingerprint density at radius 1 is 1.22 bits per heavy atom. The molecule has 1 N–H and O–H groups in total. The van der Waals surface area contributed by atoms with Crippen molar-refractivity contribution < 1.29 is 18.7 Å². The molecule has 0 saturated heterocycles. The van der Waals surface area contributed by atoms with E-state index in [1.54, 1.807) is 32.4 Å². The van der Waals surface area contributed by atoms with E-state index < -0.39 is 0 Å². The van der Waals surface area contributed by atoms with Crippen LogP contribution in [-0.4, -0.2) is 37.4 Å². The Bertz CT molecular complexity index is 1010. The summed E-state index contributed by atoms with van der Waals surface area (Å²) < 4.78 is 11.7. The van der Waals surface area contributed by atoms with Gasteiger partial charge >= 0.3 is 0 Å². The number of furan rings is 1. The molecule has 3 aromatic rings. The maximum Gasteiger partial charge on any atom is 0.290 e. The Morgan fingerprint density at radius 3 is 2.67 bits per heavy atom. The second kappa shape index (κ2) is 7.84. The number of halogens is 1. The third kappa shape index (κ3) is 3.98. The molecule has 0 spiro atoms. The van der Waals surface area contributed by atoms with Crippen LogP contribution in [-0.2, 0) is 4.79 Å². The van der Waals surface area contributed by atoms with E-state index in [0.717, 1.165) is 9.86 Å². The summed E-state index contributed by atoms with van der Waals surface area (Å²) in [5, 5.41) is 3.59. The number of ether oxygens (including phenoxy) is 1. The van der Waals surface area contributed by atoms with Gasteiger partial charge in [-0.1, -0.05) is 12.1 Å². The van der Waals surface area contributed by atoms with Gasteiger partial charge in [0.05, 0.1) is 19.3 Å². The molecule has 0 fully saturated rings. The number of methoxy groups -OCH3 is 1. The van der Waals surface area contributed by atoms with Gasteiger partial charge in [0, 0.05) is 22.5 Å². The van der Waals surface area contributed by atoms with Crippen molar-refractivity contribution in [2.75, 3.05) is 26.0 Å². The van der Waals surface area contributed by atoms with Crippen LogP contribution in [0.4, 0.5) is 5.69 Å². The fourth-order valence-electron chi connectivity index (χ4n) is 2.74. The highest BCUT2D eigenvalue weighted by Gasteiger charge is 2.23. The van der Waals surface area contributed by atoms with Crippen molar-refractivity contribution in [3.8, 4) is 5.75 Å². The first-order valence-corrected chi connectivity index (χ1v) is 9.07. The first kappa shape index (κ1) is 19.0. The van der Waals surface area contributed by atoms with E-state index >= 15 is 0 Å². The summed E-state index contributed by atoms with van der Waals surface area (Å²) in [5.74, 6) is 0.249. The third-order valence-electron chi connectivity index (χ3n) is 4.21. The zero-order chi connectivity index (χ0) is 19.6. The number of nitrogens with one attached hydrogen (secondary N) is 1. The molecule has 0 aliphatic heterocycles. The number of fused-ring (bicyclic) bond motifs is 1. The molecule has 0 unspecified atom stereocenters. The molecule has 1 aromatic heterocycles. The first-order valence-electron chi connectivity index (χ1n) is 8.27. The van der Waals surface area contributed by atoms with Gasteiger partial charge in [-0.25, -0.2) is 0 Å². The van der Waals surface area contributed by atoms with Gasteiger partial charge in [0.2, 0.25) is 5.91 Å². The van der Waals surface area contributed by atoms with E-state index in [1.165, 1.54) is 4.90 Å². The Hall–Kier alpha value is -2.80. The monoisotopic (exact) mass is 430 g/mol. The molecule has 0 aliphatic carbocycles. The Labute approximate surface area is 165 Å². The summed E-state index contributed by atoms with van der Waals surface area (Å²) in [7, 11) is 3.15. The van der Waals surface area contributed by atoms with Crippen LogP contribution in [0.3, 0.4) is 0 Å². The van der Waals surface area contributed by atoms with Crippen molar-refractivity contribution in [1.82, 2.24) is 4.90 Å². The van der Waals surface area contributed by atoms with Crippen LogP contribution >= 0.6 is 15.9 Å². The van der Waals surface area contributed by atoms with Crippen molar-refractivity contribution in [3.05, 3.63) is 58.3 Å². The van der Waals surface area contributed by atoms with Crippen LogP contribution in [0.25, 0.3) is 11.0 Å². The molecule has 0 atom stereocenters. The molecular formula is C20H19BrN2O4. The minimum Gasteiger partial charge on any atom is -0.497 e. The topological polar surface area (TPSA) is 71.8 Å². The summed E-state index contributed by atoms with van der Waals surface area (Å²) >= 11 is 3.38. The predicted molar refractivity (Wildman–Crippen MR) is 107 cm³/mol. The summed E-state index contributed by atoms with van der Waals surface area (Å²) in [6, 6.07) is 12.6. The molecule has 0 bridgehead atoms. The fourth-order valence-corrected chi connectivity index (χ4v) is 3.13. The Balaban J connectivity index is 1.75. The highest BCUT2D eigenvalue weighted by Crippen LogP contribution is 2.29. The van der Waals surface area contributed by atoms with Gasteiger partial charge in [0.25, 0.3) is 5.91 Å². The quantitative estimate of drug-likeness (QED) is 0.657. The van der Waals surface area contributed by atoms with E-state index in [9.17, 15) is 9.59 Å². The minimum atomic E-state index is -0.357. The van der Waals surface area contributed by atoms with Gasteiger partial charge in [0.1, 0.15) is 11.3 Å². The van der Waals surface area contributed by atoms with Crippen LogP contribution in [0, 0.1) is 6.92 Å². The number of hydrogen-bond donors (Lipinski definition) is 1. The SMILES string of the molecule is COc1ccc2oc(C(=O)N(C)CC(=O)Nc3ccccc3Br)c(C)c2c1. The van der Waals surface area contributed by atoms with Crippen molar-refractivity contribution in [1.29, 1.82) is 0 Å². The fraction of sp³-hybridized carbons (Fsp3) is 0.200. The highest BCUT2D eigenvalue weighted by atomic mass is 79.9. The van der Waals surface area contributed by atoms with Gasteiger partial charge < -0.3 is 19.4 Å². The van der Waals surface area contributed by atoms with Crippen molar-refractivity contribution >= 4 is 44.4 Å². The average molecular weight is 431 g/mol. The summed E-state index contributed by atoms with van der Waals surface area (Å²) in [6.45, 7) is 1.72. The van der Waals surface area contributed by atoms with E-state index in [4.69, 9.17) is 9.15 Å². The number of aryl methyl sites for hydroxylation is 1. The summed E-state index contributed by atoms with van der Waals surface area (Å²) in [6.07, 6.45) is 0. The molecule has 2 aromatic carbocycles. The number of carbonyl (C=O) groups excluding carboxylic acids is 2. The Kier molecular flexibility index (Phi) is 5.51. The molecule has 0 radical (unpaired) electrons. The number of rotatable bonds is 5. The van der Waals surface area contributed by atoms with Crippen molar-refractivity contribution in [2.45, 2.75) is 6.92 Å². The Morgan fingerprint density at radius 2 is 1.96 bits per heavy atom. The molecule has 0 saturated carbocycles. The van der Waals surface area contributed by atoms with Gasteiger partial charge in [-0.15, -0.1) is 0 Å². The van der Waals surface area contributed by atoms with Gasteiger partial charge in [-0.3, -0.25) is 9.59 Å². The molecular weight excluding hydrogens is 412 g/mol. The molecule has 6 nitrogen and oxygen atoms in total. The zero-order valence-corrected chi connectivity index (χ0v) is 16.8. The number of hydrogen-bond acceptors (Lipinski definition) is 4. The molecule has 0 aliphatic rings.